The lowest BCUT2D eigenvalue weighted by Crippen LogP contribution is -2.44. The quantitative estimate of drug-likeness (QED) is 0.763. The normalized spacial score (nSPS) is 25.4. The van der Waals surface area contributed by atoms with Crippen molar-refractivity contribution in [3.63, 3.8) is 0 Å². The van der Waals surface area contributed by atoms with Gasteiger partial charge in [-0.2, -0.15) is 0 Å². The van der Waals surface area contributed by atoms with E-state index in [9.17, 15) is 9.59 Å². The number of amides is 2. The zero-order valence-electron chi connectivity index (χ0n) is 14.8. The fourth-order valence-electron chi connectivity index (χ4n) is 3.54. The Bertz CT molecular complexity index is 844. The van der Waals surface area contributed by atoms with Crippen LogP contribution in [0.25, 0.3) is 0 Å². The van der Waals surface area contributed by atoms with Gasteiger partial charge in [0.2, 0.25) is 11.8 Å². The number of anilines is 1. The maximum atomic E-state index is 12.9. The van der Waals surface area contributed by atoms with Crippen molar-refractivity contribution in [2.24, 2.45) is 11.8 Å². The standard InChI is InChI=1S/C20H20N2O5/c1-25-13-6-4-12(5-7-13)22-20(24)18-16-9-8-15(27-16)17(18)19(23)21-11-14-3-2-10-26-14/h2-10,15-18H,11H2,1H3,(H,21,23)(H,22,24). The lowest BCUT2D eigenvalue weighted by molar-refractivity contribution is -0.131. The van der Waals surface area contributed by atoms with Gasteiger partial charge < -0.3 is 24.5 Å². The van der Waals surface area contributed by atoms with Crippen LogP contribution in [0.4, 0.5) is 5.69 Å². The van der Waals surface area contributed by atoms with Gasteiger partial charge in [0.05, 0.1) is 44.0 Å². The van der Waals surface area contributed by atoms with E-state index >= 15 is 0 Å². The molecule has 0 saturated carbocycles. The molecule has 140 valence electrons. The molecule has 1 saturated heterocycles. The van der Waals surface area contributed by atoms with Crippen molar-refractivity contribution in [2.75, 3.05) is 12.4 Å². The molecule has 7 heteroatoms. The average molecular weight is 368 g/mol. The number of hydrogen-bond acceptors (Lipinski definition) is 5. The van der Waals surface area contributed by atoms with Crippen LogP contribution in [0.15, 0.2) is 59.2 Å². The molecule has 2 N–H and O–H groups in total. The molecule has 0 spiro atoms. The van der Waals surface area contributed by atoms with Gasteiger partial charge in [-0.05, 0) is 36.4 Å². The first-order chi connectivity index (χ1) is 13.2. The molecule has 0 aliphatic carbocycles. The first-order valence-electron chi connectivity index (χ1n) is 8.74. The van der Waals surface area contributed by atoms with Gasteiger partial charge >= 0.3 is 0 Å². The van der Waals surface area contributed by atoms with Crippen LogP contribution in [-0.2, 0) is 20.9 Å². The van der Waals surface area contributed by atoms with Crippen LogP contribution in [0.5, 0.6) is 5.75 Å². The zero-order chi connectivity index (χ0) is 18.8. The number of carbonyl (C=O) groups excluding carboxylic acids is 2. The van der Waals surface area contributed by atoms with E-state index in [1.807, 2.05) is 12.2 Å². The SMILES string of the molecule is COc1ccc(NC(=O)C2C3C=CC(O3)C2C(=O)NCc2ccco2)cc1. The topological polar surface area (TPSA) is 89.8 Å². The molecule has 27 heavy (non-hydrogen) atoms. The Morgan fingerprint density at radius 2 is 1.74 bits per heavy atom. The van der Waals surface area contributed by atoms with Crippen LogP contribution >= 0.6 is 0 Å². The van der Waals surface area contributed by atoms with Crippen molar-refractivity contribution in [2.45, 2.75) is 18.8 Å². The first kappa shape index (κ1) is 17.4. The monoisotopic (exact) mass is 368 g/mol. The van der Waals surface area contributed by atoms with E-state index in [2.05, 4.69) is 10.6 Å². The second kappa shape index (κ2) is 7.28. The highest BCUT2D eigenvalue weighted by molar-refractivity contribution is 5.97. The van der Waals surface area contributed by atoms with Crippen LogP contribution in [0, 0.1) is 11.8 Å². The van der Waals surface area contributed by atoms with Crippen LogP contribution < -0.4 is 15.4 Å². The number of fused-ring (bicyclic) bond motifs is 2. The molecule has 4 unspecified atom stereocenters. The molecule has 2 bridgehead atoms. The summed E-state index contributed by atoms with van der Waals surface area (Å²) < 4.78 is 16.1. The number of rotatable bonds is 6. The number of furan rings is 1. The van der Waals surface area contributed by atoms with Gasteiger partial charge in [-0.25, -0.2) is 0 Å². The maximum Gasteiger partial charge on any atom is 0.231 e. The van der Waals surface area contributed by atoms with Crippen molar-refractivity contribution in [1.82, 2.24) is 5.32 Å². The number of carbonyl (C=O) groups is 2. The molecule has 0 radical (unpaired) electrons. The summed E-state index contributed by atoms with van der Waals surface area (Å²) in [5, 5.41) is 5.70. The molecule has 2 aliphatic rings. The second-order valence-electron chi connectivity index (χ2n) is 6.52. The minimum atomic E-state index is -0.585. The third-order valence-electron chi connectivity index (χ3n) is 4.88. The Labute approximate surface area is 156 Å². The first-order valence-corrected chi connectivity index (χ1v) is 8.74. The Balaban J connectivity index is 1.45. The van der Waals surface area contributed by atoms with Crippen molar-refractivity contribution in [1.29, 1.82) is 0 Å². The zero-order valence-corrected chi connectivity index (χ0v) is 14.8. The van der Waals surface area contributed by atoms with Gasteiger partial charge in [-0.15, -0.1) is 0 Å². The van der Waals surface area contributed by atoms with Crippen LogP contribution in [-0.4, -0.2) is 31.1 Å². The van der Waals surface area contributed by atoms with E-state index in [-0.39, 0.29) is 18.4 Å². The molecule has 2 amide bonds. The largest absolute Gasteiger partial charge is 0.497 e. The minimum Gasteiger partial charge on any atom is -0.497 e. The molecule has 4 atom stereocenters. The predicted molar refractivity (Wildman–Crippen MR) is 97.0 cm³/mol. The highest BCUT2D eigenvalue weighted by Crippen LogP contribution is 2.40. The number of hydrogen-bond donors (Lipinski definition) is 2. The molecule has 3 heterocycles. The number of methoxy groups -OCH3 is 1. The highest BCUT2D eigenvalue weighted by Gasteiger charge is 2.52. The van der Waals surface area contributed by atoms with Gasteiger partial charge in [0.25, 0.3) is 0 Å². The Hall–Kier alpha value is -3.06. The predicted octanol–water partition coefficient (Wildman–Crippen LogP) is 2.11. The summed E-state index contributed by atoms with van der Waals surface area (Å²) in [6, 6.07) is 10.6. The Kier molecular flexibility index (Phi) is 4.68. The third kappa shape index (κ3) is 3.46. The smallest absolute Gasteiger partial charge is 0.231 e. The molecule has 1 aromatic heterocycles. The van der Waals surface area contributed by atoms with Crippen molar-refractivity contribution in [3.05, 3.63) is 60.6 Å². The van der Waals surface area contributed by atoms with E-state index < -0.39 is 24.0 Å². The Morgan fingerprint density at radius 3 is 2.37 bits per heavy atom. The minimum absolute atomic E-state index is 0.224. The lowest BCUT2D eigenvalue weighted by Gasteiger charge is -2.23. The van der Waals surface area contributed by atoms with E-state index in [1.165, 1.54) is 0 Å². The van der Waals surface area contributed by atoms with E-state index in [4.69, 9.17) is 13.9 Å². The molecular weight excluding hydrogens is 348 g/mol. The lowest BCUT2D eigenvalue weighted by atomic mass is 9.81. The van der Waals surface area contributed by atoms with Gasteiger partial charge in [-0.3, -0.25) is 9.59 Å². The van der Waals surface area contributed by atoms with E-state index in [1.54, 1.807) is 49.8 Å². The summed E-state index contributed by atoms with van der Waals surface area (Å²) in [5.74, 6) is -0.267. The average Bonchev–Trinajstić information content (AvgIpc) is 3.43. The van der Waals surface area contributed by atoms with E-state index in [0.29, 0.717) is 17.2 Å². The molecule has 2 aromatic rings. The van der Waals surface area contributed by atoms with E-state index in [0.717, 1.165) is 0 Å². The molecule has 7 nitrogen and oxygen atoms in total. The van der Waals surface area contributed by atoms with Crippen LogP contribution in [0.3, 0.4) is 0 Å². The number of benzene rings is 1. The van der Waals surface area contributed by atoms with Gasteiger partial charge in [0, 0.05) is 5.69 Å². The summed E-state index contributed by atoms with van der Waals surface area (Å²) >= 11 is 0. The summed E-state index contributed by atoms with van der Waals surface area (Å²) in [7, 11) is 1.58. The third-order valence-corrected chi connectivity index (χ3v) is 4.88. The van der Waals surface area contributed by atoms with Gasteiger partial charge in [0.15, 0.2) is 0 Å². The summed E-state index contributed by atoms with van der Waals surface area (Å²) in [4.78, 5) is 25.6. The van der Waals surface area contributed by atoms with Crippen molar-refractivity contribution in [3.8, 4) is 5.75 Å². The fraction of sp³-hybridized carbons (Fsp3) is 0.300. The Morgan fingerprint density at radius 1 is 1.04 bits per heavy atom. The summed E-state index contributed by atoms with van der Waals surface area (Å²) in [6.07, 6.45) is 4.46. The second-order valence-corrected chi connectivity index (χ2v) is 6.52. The maximum absolute atomic E-state index is 12.9. The van der Waals surface area contributed by atoms with Gasteiger partial charge in [-0.1, -0.05) is 12.2 Å². The van der Waals surface area contributed by atoms with Gasteiger partial charge in [0.1, 0.15) is 11.5 Å². The highest BCUT2D eigenvalue weighted by atomic mass is 16.5. The van der Waals surface area contributed by atoms with Crippen LogP contribution in [0.1, 0.15) is 5.76 Å². The molecule has 1 fully saturated rings. The van der Waals surface area contributed by atoms with Crippen molar-refractivity contribution >= 4 is 17.5 Å². The number of nitrogens with one attached hydrogen (secondary N) is 2. The van der Waals surface area contributed by atoms with Crippen LogP contribution in [0.2, 0.25) is 0 Å². The molecule has 1 aromatic carbocycles. The number of ether oxygens (including phenoxy) is 2. The molecule has 4 rings (SSSR count). The summed E-state index contributed by atoms with van der Waals surface area (Å²) in [5.41, 5.74) is 0.641. The molecular formula is C20H20N2O5. The fourth-order valence-corrected chi connectivity index (χ4v) is 3.54. The molecule has 2 aliphatic heterocycles. The summed E-state index contributed by atoms with van der Waals surface area (Å²) in [6.45, 7) is 0.274. The van der Waals surface area contributed by atoms with Crippen molar-refractivity contribution < 1.29 is 23.5 Å².